The molecular formula is C30H34N2O7. The molecule has 0 bridgehead atoms. The van der Waals surface area contributed by atoms with E-state index in [1.54, 1.807) is 36.1 Å². The molecule has 39 heavy (non-hydrogen) atoms. The molecule has 1 amide bonds. The van der Waals surface area contributed by atoms with Crippen molar-refractivity contribution in [1.82, 2.24) is 4.90 Å². The maximum absolute atomic E-state index is 12.4. The van der Waals surface area contributed by atoms with E-state index in [9.17, 15) is 9.59 Å². The fraction of sp³-hybridized carbons (Fsp3) is 0.433. The summed E-state index contributed by atoms with van der Waals surface area (Å²) in [5.74, 6) is 1.43. The van der Waals surface area contributed by atoms with Gasteiger partial charge in [0.1, 0.15) is 34.5 Å². The Kier molecular flexibility index (Phi) is 8.65. The van der Waals surface area contributed by atoms with Gasteiger partial charge in [-0.3, -0.25) is 0 Å². The molecule has 0 spiro atoms. The molecule has 0 saturated carbocycles. The first-order valence-electron chi connectivity index (χ1n) is 13.1. The molecule has 2 heterocycles. The number of amides is 1. The van der Waals surface area contributed by atoms with E-state index >= 15 is 0 Å². The van der Waals surface area contributed by atoms with Gasteiger partial charge in [-0.2, -0.15) is 5.26 Å². The third kappa shape index (κ3) is 7.66. The molecule has 0 unspecified atom stereocenters. The van der Waals surface area contributed by atoms with Crippen LogP contribution in [-0.2, 0) is 27.1 Å². The van der Waals surface area contributed by atoms with Crippen LogP contribution in [0.4, 0.5) is 4.79 Å². The maximum atomic E-state index is 12.4. The van der Waals surface area contributed by atoms with Crippen molar-refractivity contribution in [2.45, 2.75) is 58.7 Å². The Morgan fingerprint density at radius 1 is 1.13 bits per heavy atom. The van der Waals surface area contributed by atoms with Crippen LogP contribution < -0.4 is 9.47 Å². The first-order valence-corrected chi connectivity index (χ1v) is 13.1. The van der Waals surface area contributed by atoms with Gasteiger partial charge in [-0.15, -0.1) is 0 Å². The fourth-order valence-electron chi connectivity index (χ4n) is 4.35. The number of nitriles is 1. The fourth-order valence-corrected chi connectivity index (χ4v) is 4.35. The molecule has 1 atom stereocenters. The molecule has 3 aromatic rings. The quantitative estimate of drug-likeness (QED) is 0.335. The van der Waals surface area contributed by atoms with Crippen molar-refractivity contribution in [3.8, 4) is 17.6 Å². The van der Waals surface area contributed by atoms with Crippen LogP contribution in [0, 0.1) is 11.3 Å². The van der Waals surface area contributed by atoms with E-state index < -0.39 is 11.6 Å². The molecule has 9 heteroatoms. The van der Waals surface area contributed by atoms with E-state index in [2.05, 4.69) is 6.07 Å². The molecule has 1 fully saturated rings. The van der Waals surface area contributed by atoms with Gasteiger partial charge in [-0.25, -0.2) is 9.59 Å². The first-order chi connectivity index (χ1) is 18.6. The molecule has 1 saturated heterocycles. The predicted molar refractivity (Wildman–Crippen MR) is 144 cm³/mol. The number of esters is 1. The Hall–Kier alpha value is -4.19. The minimum atomic E-state index is -0.557. The lowest BCUT2D eigenvalue weighted by Gasteiger charge is -2.24. The summed E-state index contributed by atoms with van der Waals surface area (Å²) >= 11 is 0. The van der Waals surface area contributed by atoms with E-state index in [1.165, 1.54) is 0 Å². The number of likely N-dealkylation sites (tertiary alicyclic amines) is 1. The minimum Gasteiger partial charge on any atom is -0.488 e. The van der Waals surface area contributed by atoms with Gasteiger partial charge in [-0.05, 0) is 70.0 Å². The van der Waals surface area contributed by atoms with Crippen LogP contribution in [0.5, 0.6) is 11.5 Å². The molecule has 1 aliphatic rings. The van der Waals surface area contributed by atoms with Crippen molar-refractivity contribution in [3.05, 3.63) is 59.4 Å². The van der Waals surface area contributed by atoms with Crippen LogP contribution >= 0.6 is 0 Å². The van der Waals surface area contributed by atoms with E-state index in [1.807, 2.05) is 39.0 Å². The Morgan fingerprint density at radius 2 is 1.95 bits per heavy atom. The number of fused-ring (bicyclic) bond motifs is 1. The first kappa shape index (κ1) is 27.8. The standard InChI is InChI=1S/C30H34N2O7/c1-5-35-28(33)19-36-27-16-24(37-25-12-13-32(18-25)29(34)39-30(2,3)4)10-8-21(27)7-9-23-15-22-14-20(17-31)6-11-26(22)38-23/h6,8,10-11,14-16,25H,5,7,9,12-13,18-19H2,1-4H3/t25-/m0/s1. The van der Waals surface area contributed by atoms with Gasteiger partial charge in [-0.1, -0.05) is 6.07 Å². The van der Waals surface area contributed by atoms with E-state index in [0.29, 0.717) is 49.4 Å². The number of rotatable bonds is 9. The second kappa shape index (κ2) is 12.1. The molecule has 1 aromatic heterocycles. The van der Waals surface area contributed by atoms with Gasteiger partial charge in [0.15, 0.2) is 6.61 Å². The topological polar surface area (TPSA) is 111 Å². The summed E-state index contributed by atoms with van der Waals surface area (Å²) in [6, 6.07) is 14.9. The highest BCUT2D eigenvalue weighted by Crippen LogP contribution is 2.30. The zero-order chi connectivity index (χ0) is 28.0. The van der Waals surface area contributed by atoms with Gasteiger partial charge in [0.05, 0.1) is 24.8 Å². The van der Waals surface area contributed by atoms with Crippen molar-refractivity contribution < 1.29 is 33.0 Å². The van der Waals surface area contributed by atoms with Gasteiger partial charge in [0.25, 0.3) is 0 Å². The lowest BCUT2D eigenvalue weighted by molar-refractivity contribution is -0.145. The average molecular weight is 535 g/mol. The second-order valence-corrected chi connectivity index (χ2v) is 10.4. The van der Waals surface area contributed by atoms with Crippen LogP contribution in [0.1, 0.15) is 51.0 Å². The summed E-state index contributed by atoms with van der Waals surface area (Å²) in [5.41, 5.74) is 1.63. The summed E-state index contributed by atoms with van der Waals surface area (Å²) in [4.78, 5) is 26.0. The lowest BCUT2D eigenvalue weighted by atomic mass is 10.1. The second-order valence-electron chi connectivity index (χ2n) is 10.4. The number of nitrogens with zero attached hydrogens (tertiary/aromatic N) is 2. The Labute approximate surface area is 228 Å². The predicted octanol–water partition coefficient (Wildman–Crippen LogP) is 5.42. The van der Waals surface area contributed by atoms with Crippen molar-refractivity contribution >= 4 is 23.0 Å². The molecule has 0 radical (unpaired) electrons. The Morgan fingerprint density at radius 3 is 2.69 bits per heavy atom. The average Bonchev–Trinajstić information content (AvgIpc) is 3.52. The number of ether oxygens (including phenoxy) is 4. The molecule has 4 rings (SSSR count). The number of carbonyl (C=O) groups is 2. The van der Waals surface area contributed by atoms with Gasteiger partial charge in [0.2, 0.25) is 0 Å². The van der Waals surface area contributed by atoms with Gasteiger partial charge >= 0.3 is 12.1 Å². The van der Waals surface area contributed by atoms with Crippen LogP contribution in [0.25, 0.3) is 11.0 Å². The maximum Gasteiger partial charge on any atom is 0.410 e. The van der Waals surface area contributed by atoms with Gasteiger partial charge < -0.3 is 28.3 Å². The molecule has 2 aromatic carbocycles. The van der Waals surface area contributed by atoms with Gasteiger partial charge in [0, 0.05) is 30.8 Å². The van der Waals surface area contributed by atoms with Crippen molar-refractivity contribution in [1.29, 1.82) is 5.26 Å². The molecule has 0 aliphatic carbocycles. The Balaban J connectivity index is 1.44. The van der Waals surface area contributed by atoms with Crippen molar-refractivity contribution in [3.63, 3.8) is 0 Å². The highest BCUT2D eigenvalue weighted by Gasteiger charge is 2.31. The third-order valence-electron chi connectivity index (χ3n) is 6.13. The van der Waals surface area contributed by atoms with Crippen LogP contribution in [0.3, 0.4) is 0 Å². The van der Waals surface area contributed by atoms with Crippen LogP contribution in [0.15, 0.2) is 46.9 Å². The minimum absolute atomic E-state index is 0.185. The Bertz CT molecular complexity index is 1370. The van der Waals surface area contributed by atoms with Crippen molar-refractivity contribution in [2.75, 3.05) is 26.3 Å². The SMILES string of the molecule is CCOC(=O)COc1cc(O[C@H]2CCN(C(=O)OC(C)(C)C)C2)ccc1CCc1cc2cc(C#N)ccc2o1. The number of carbonyl (C=O) groups excluding carboxylic acids is 2. The zero-order valence-corrected chi connectivity index (χ0v) is 22.8. The largest absolute Gasteiger partial charge is 0.488 e. The summed E-state index contributed by atoms with van der Waals surface area (Å²) in [5, 5.41) is 10.0. The number of hydrogen-bond acceptors (Lipinski definition) is 8. The normalized spacial score (nSPS) is 15.2. The molecule has 0 N–H and O–H groups in total. The van der Waals surface area contributed by atoms with Crippen LogP contribution in [-0.4, -0.2) is 55.0 Å². The smallest absolute Gasteiger partial charge is 0.410 e. The molecule has 1 aliphatic heterocycles. The molecule has 206 valence electrons. The summed E-state index contributed by atoms with van der Waals surface area (Å²) in [6.07, 6.45) is 1.34. The highest BCUT2D eigenvalue weighted by atomic mass is 16.6. The summed E-state index contributed by atoms with van der Waals surface area (Å²) in [7, 11) is 0. The highest BCUT2D eigenvalue weighted by molar-refractivity contribution is 5.79. The number of furan rings is 1. The summed E-state index contributed by atoms with van der Waals surface area (Å²) < 4.78 is 28.4. The zero-order valence-electron chi connectivity index (χ0n) is 22.8. The number of hydrogen-bond donors (Lipinski definition) is 0. The third-order valence-corrected chi connectivity index (χ3v) is 6.13. The van der Waals surface area contributed by atoms with Crippen LogP contribution in [0.2, 0.25) is 0 Å². The van der Waals surface area contributed by atoms with E-state index in [0.717, 1.165) is 22.3 Å². The number of benzene rings is 2. The number of aryl methyl sites for hydroxylation is 2. The molecular weight excluding hydrogens is 500 g/mol. The van der Waals surface area contributed by atoms with E-state index in [-0.39, 0.29) is 25.4 Å². The lowest BCUT2D eigenvalue weighted by Crippen LogP contribution is -2.36. The van der Waals surface area contributed by atoms with Crippen molar-refractivity contribution in [2.24, 2.45) is 0 Å². The monoisotopic (exact) mass is 534 g/mol. The molecule has 9 nitrogen and oxygen atoms in total. The van der Waals surface area contributed by atoms with E-state index in [4.69, 9.17) is 28.6 Å². The summed E-state index contributed by atoms with van der Waals surface area (Å²) in [6.45, 7) is 8.29.